The van der Waals surface area contributed by atoms with Crippen LogP contribution in [0.5, 0.6) is 0 Å². The number of aromatic nitrogens is 3. The van der Waals surface area contributed by atoms with Gasteiger partial charge in [-0.05, 0) is 24.5 Å². The van der Waals surface area contributed by atoms with Crippen LogP contribution in [0.1, 0.15) is 40.3 Å². The van der Waals surface area contributed by atoms with Gasteiger partial charge in [0.05, 0.1) is 18.1 Å². The standard InChI is InChI=1S/C23H25N3O4S/c1-12(2)11-26-21-19(20(27)25(4)23(26)29)18(22(28)30-5)17(31-21)10-15-13(3)24-16-9-7-6-8-14(15)16/h6-9,12,24H,10-11H2,1-5H3. The number of carbonyl (C=O) groups is 1. The molecule has 0 unspecified atom stereocenters. The number of rotatable bonds is 5. The minimum atomic E-state index is -0.564. The second kappa shape index (κ2) is 7.85. The summed E-state index contributed by atoms with van der Waals surface area (Å²) < 4.78 is 7.73. The molecule has 7 nitrogen and oxygen atoms in total. The number of hydrogen-bond acceptors (Lipinski definition) is 5. The third-order valence-electron chi connectivity index (χ3n) is 5.55. The Labute approximate surface area is 182 Å². The van der Waals surface area contributed by atoms with Crippen LogP contribution in [-0.4, -0.2) is 27.2 Å². The molecule has 3 heterocycles. The fourth-order valence-corrected chi connectivity index (χ4v) is 5.36. The fourth-order valence-electron chi connectivity index (χ4n) is 4.07. The summed E-state index contributed by atoms with van der Waals surface area (Å²) in [4.78, 5) is 43.4. The van der Waals surface area contributed by atoms with E-state index < -0.39 is 11.5 Å². The minimum absolute atomic E-state index is 0.196. The summed E-state index contributed by atoms with van der Waals surface area (Å²) in [6.45, 7) is 6.47. The van der Waals surface area contributed by atoms with Gasteiger partial charge < -0.3 is 9.72 Å². The highest BCUT2D eigenvalue weighted by molar-refractivity contribution is 7.19. The van der Waals surface area contributed by atoms with Crippen molar-refractivity contribution in [3.63, 3.8) is 0 Å². The average molecular weight is 440 g/mol. The highest BCUT2D eigenvalue weighted by atomic mass is 32.1. The van der Waals surface area contributed by atoms with Crippen molar-refractivity contribution >= 4 is 38.4 Å². The van der Waals surface area contributed by atoms with Crippen molar-refractivity contribution in [3.8, 4) is 0 Å². The number of aryl methyl sites for hydroxylation is 1. The van der Waals surface area contributed by atoms with Gasteiger partial charge in [-0.25, -0.2) is 9.59 Å². The van der Waals surface area contributed by atoms with Crippen LogP contribution in [0.15, 0.2) is 33.9 Å². The molecule has 162 valence electrons. The van der Waals surface area contributed by atoms with Crippen LogP contribution in [0.25, 0.3) is 21.1 Å². The lowest BCUT2D eigenvalue weighted by Crippen LogP contribution is -2.38. The van der Waals surface area contributed by atoms with E-state index in [4.69, 9.17) is 4.74 Å². The molecule has 0 saturated heterocycles. The molecule has 0 aliphatic heterocycles. The maximum absolute atomic E-state index is 13.1. The van der Waals surface area contributed by atoms with Crippen LogP contribution in [0.3, 0.4) is 0 Å². The van der Waals surface area contributed by atoms with Crippen molar-refractivity contribution in [2.45, 2.75) is 33.7 Å². The number of nitrogens with zero attached hydrogens (tertiary/aromatic N) is 2. The first-order valence-electron chi connectivity index (χ1n) is 10.1. The number of para-hydroxylation sites is 1. The van der Waals surface area contributed by atoms with Gasteiger partial charge in [0.15, 0.2) is 0 Å². The Hall–Kier alpha value is -3.13. The zero-order valence-corrected chi connectivity index (χ0v) is 19.1. The lowest BCUT2D eigenvalue weighted by atomic mass is 10.0. The van der Waals surface area contributed by atoms with E-state index in [2.05, 4.69) is 4.98 Å². The van der Waals surface area contributed by atoms with Gasteiger partial charge in [-0.1, -0.05) is 32.0 Å². The van der Waals surface area contributed by atoms with E-state index in [1.807, 2.05) is 45.0 Å². The molecule has 1 aromatic carbocycles. The van der Waals surface area contributed by atoms with E-state index >= 15 is 0 Å². The molecule has 4 aromatic rings. The topological polar surface area (TPSA) is 86.1 Å². The van der Waals surface area contributed by atoms with E-state index in [-0.39, 0.29) is 22.6 Å². The Bertz CT molecular complexity index is 1440. The molecule has 8 heteroatoms. The van der Waals surface area contributed by atoms with E-state index in [1.54, 1.807) is 4.57 Å². The number of esters is 1. The average Bonchev–Trinajstić information content (AvgIpc) is 3.27. The van der Waals surface area contributed by atoms with E-state index in [0.717, 1.165) is 31.6 Å². The number of aromatic amines is 1. The predicted octanol–water partition coefficient (Wildman–Crippen LogP) is 3.58. The lowest BCUT2D eigenvalue weighted by Gasteiger charge is -2.11. The predicted molar refractivity (Wildman–Crippen MR) is 123 cm³/mol. The molecule has 0 saturated carbocycles. The molecule has 0 spiro atoms. The van der Waals surface area contributed by atoms with Gasteiger partial charge in [0.2, 0.25) is 0 Å². The van der Waals surface area contributed by atoms with Gasteiger partial charge in [0.25, 0.3) is 5.56 Å². The number of ether oxygens (including phenoxy) is 1. The third kappa shape index (κ3) is 3.40. The first kappa shape index (κ1) is 21.1. The number of fused-ring (bicyclic) bond motifs is 2. The van der Waals surface area contributed by atoms with Crippen molar-refractivity contribution in [2.24, 2.45) is 13.0 Å². The summed E-state index contributed by atoms with van der Waals surface area (Å²) in [6, 6.07) is 7.98. The highest BCUT2D eigenvalue weighted by Gasteiger charge is 2.27. The number of benzene rings is 1. The van der Waals surface area contributed by atoms with E-state index in [1.165, 1.54) is 25.5 Å². The Morgan fingerprint density at radius 3 is 2.61 bits per heavy atom. The molecule has 31 heavy (non-hydrogen) atoms. The van der Waals surface area contributed by atoms with Gasteiger partial charge in [0, 0.05) is 41.5 Å². The Kier molecular flexibility index (Phi) is 5.35. The molecule has 0 atom stereocenters. The fraction of sp³-hybridized carbons (Fsp3) is 0.348. The molecular weight excluding hydrogens is 414 g/mol. The van der Waals surface area contributed by atoms with Crippen molar-refractivity contribution in [1.82, 2.24) is 14.1 Å². The monoisotopic (exact) mass is 439 g/mol. The third-order valence-corrected chi connectivity index (χ3v) is 6.76. The normalized spacial score (nSPS) is 11.7. The van der Waals surface area contributed by atoms with Crippen LogP contribution in [0.2, 0.25) is 0 Å². The minimum Gasteiger partial charge on any atom is -0.465 e. The van der Waals surface area contributed by atoms with Crippen LogP contribution in [0, 0.1) is 12.8 Å². The van der Waals surface area contributed by atoms with Crippen molar-refractivity contribution in [2.75, 3.05) is 7.11 Å². The lowest BCUT2D eigenvalue weighted by molar-refractivity contribution is 0.0602. The molecule has 0 radical (unpaired) electrons. The molecule has 0 fully saturated rings. The van der Waals surface area contributed by atoms with Gasteiger partial charge in [0.1, 0.15) is 4.83 Å². The molecule has 0 aliphatic rings. The highest BCUT2D eigenvalue weighted by Crippen LogP contribution is 2.34. The van der Waals surface area contributed by atoms with E-state index in [0.29, 0.717) is 17.8 Å². The largest absolute Gasteiger partial charge is 0.465 e. The summed E-state index contributed by atoms with van der Waals surface area (Å²) in [5, 5.41) is 1.33. The summed E-state index contributed by atoms with van der Waals surface area (Å²) in [7, 11) is 2.75. The smallest absolute Gasteiger partial charge is 0.339 e. The zero-order chi connectivity index (χ0) is 22.4. The quantitative estimate of drug-likeness (QED) is 0.482. The molecule has 1 N–H and O–H groups in total. The molecular formula is C23H25N3O4S. The van der Waals surface area contributed by atoms with Gasteiger partial charge in [-0.15, -0.1) is 11.3 Å². The Morgan fingerprint density at radius 1 is 1.23 bits per heavy atom. The van der Waals surface area contributed by atoms with Crippen LogP contribution in [0.4, 0.5) is 0 Å². The number of thiophene rings is 1. The van der Waals surface area contributed by atoms with Crippen molar-refractivity contribution < 1.29 is 9.53 Å². The number of H-pyrrole nitrogens is 1. The summed E-state index contributed by atoms with van der Waals surface area (Å²) in [5.74, 6) is -0.369. The van der Waals surface area contributed by atoms with E-state index in [9.17, 15) is 14.4 Å². The van der Waals surface area contributed by atoms with Crippen molar-refractivity contribution in [3.05, 3.63) is 66.8 Å². The maximum Gasteiger partial charge on any atom is 0.339 e. The molecule has 0 aliphatic carbocycles. The van der Waals surface area contributed by atoms with Crippen molar-refractivity contribution in [1.29, 1.82) is 0 Å². The molecule has 0 bridgehead atoms. The first-order chi connectivity index (χ1) is 14.7. The van der Waals surface area contributed by atoms with Crippen LogP contribution < -0.4 is 11.2 Å². The Morgan fingerprint density at radius 2 is 1.94 bits per heavy atom. The summed E-state index contributed by atoms with van der Waals surface area (Å²) in [5.41, 5.74) is 2.48. The number of methoxy groups -OCH3 is 1. The SMILES string of the molecule is COC(=O)c1c(Cc2c(C)[nH]c3ccccc23)sc2c1c(=O)n(C)c(=O)n2CC(C)C. The zero-order valence-electron chi connectivity index (χ0n) is 18.2. The second-order valence-electron chi connectivity index (χ2n) is 8.17. The molecule has 3 aromatic heterocycles. The number of carbonyl (C=O) groups excluding carboxylic acids is 1. The first-order valence-corrected chi connectivity index (χ1v) is 11.0. The maximum atomic E-state index is 13.1. The van der Waals surface area contributed by atoms with Crippen LogP contribution in [-0.2, 0) is 24.8 Å². The Balaban J connectivity index is 2.04. The van der Waals surface area contributed by atoms with Crippen LogP contribution >= 0.6 is 11.3 Å². The van der Waals surface area contributed by atoms with Gasteiger partial charge in [-0.3, -0.25) is 13.9 Å². The number of nitrogens with one attached hydrogen (secondary N) is 1. The second-order valence-corrected chi connectivity index (χ2v) is 9.26. The van der Waals surface area contributed by atoms with Gasteiger partial charge >= 0.3 is 11.7 Å². The summed E-state index contributed by atoms with van der Waals surface area (Å²) >= 11 is 1.32. The molecule has 0 amide bonds. The van der Waals surface area contributed by atoms with Gasteiger partial charge in [-0.2, -0.15) is 0 Å². The molecule has 4 rings (SSSR count). The summed E-state index contributed by atoms with van der Waals surface area (Å²) in [6.07, 6.45) is 0.457. The number of hydrogen-bond donors (Lipinski definition) is 1.